The van der Waals surface area contributed by atoms with Crippen LogP contribution < -0.4 is 0 Å². The predicted octanol–water partition coefficient (Wildman–Crippen LogP) is 0.567. The molecule has 2 saturated heterocycles. The van der Waals surface area contributed by atoms with Crippen LogP contribution in [0.1, 0.15) is 33.1 Å². The summed E-state index contributed by atoms with van der Waals surface area (Å²) in [6.45, 7) is 7.68. The lowest BCUT2D eigenvalue weighted by Gasteiger charge is -2.42. The van der Waals surface area contributed by atoms with Crippen LogP contribution in [0.15, 0.2) is 0 Å². The van der Waals surface area contributed by atoms with Crippen molar-refractivity contribution in [2.24, 2.45) is 0 Å². The summed E-state index contributed by atoms with van der Waals surface area (Å²) in [6, 6.07) is 0.409. The minimum Gasteiger partial charge on any atom is -0.373 e. The van der Waals surface area contributed by atoms with Crippen LogP contribution in [0.25, 0.3) is 0 Å². The van der Waals surface area contributed by atoms with Crippen LogP contribution in [0.5, 0.6) is 0 Å². The minimum absolute atomic E-state index is 0.0145. The van der Waals surface area contributed by atoms with Crippen molar-refractivity contribution in [3.63, 3.8) is 0 Å². The molecule has 0 radical (unpaired) electrons. The fraction of sp³-hybridized carbons (Fsp3) is 0.875. The smallest absolute Gasteiger partial charge is 0.241 e. The Morgan fingerprint density at radius 1 is 1.32 bits per heavy atom. The summed E-state index contributed by atoms with van der Waals surface area (Å²) in [6.07, 6.45) is 2.34. The van der Waals surface area contributed by atoms with Gasteiger partial charge in [0.05, 0.1) is 18.8 Å². The Labute approximate surface area is 133 Å². The first-order valence-electron chi connectivity index (χ1n) is 8.14. The van der Waals surface area contributed by atoms with Gasteiger partial charge >= 0.3 is 0 Å². The Balaban J connectivity index is 1.93. The van der Waals surface area contributed by atoms with Gasteiger partial charge in [-0.05, 0) is 26.7 Å². The van der Waals surface area contributed by atoms with Crippen LogP contribution in [-0.2, 0) is 14.3 Å². The van der Waals surface area contributed by atoms with Gasteiger partial charge in [0.1, 0.15) is 0 Å². The fourth-order valence-electron chi connectivity index (χ4n) is 3.22. The predicted molar refractivity (Wildman–Crippen MR) is 84.5 cm³/mol. The van der Waals surface area contributed by atoms with E-state index < -0.39 is 0 Å². The number of amides is 2. The number of nitrogens with zero attached hydrogens (tertiary/aromatic N) is 3. The summed E-state index contributed by atoms with van der Waals surface area (Å²) in [5.41, 5.74) is -0.116. The molecule has 0 N–H and O–H groups in total. The normalized spacial score (nSPS) is 26.6. The minimum atomic E-state index is -0.116. The molecule has 2 aliphatic heterocycles. The molecule has 2 rings (SSSR count). The van der Waals surface area contributed by atoms with Gasteiger partial charge in [0.15, 0.2) is 0 Å². The van der Waals surface area contributed by atoms with E-state index >= 15 is 0 Å². The standard InChI is InChI=1S/C16H29N3O3/c1-16(2)12-19(9-10-22-16)13-5-6-14(20)18(8-7-13)11-15(21)17(3)4/h13H,5-12H2,1-4H3/t13-/m1/s1. The van der Waals surface area contributed by atoms with Gasteiger partial charge in [-0.3, -0.25) is 14.5 Å². The average molecular weight is 311 g/mol. The van der Waals surface area contributed by atoms with Crippen molar-refractivity contribution < 1.29 is 14.3 Å². The molecule has 0 spiro atoms. The molecule has 0 unspecified atom stereocenters. The molecular weight excluding hydrogens is 282 g/mol. The number of likely N-dealkylation sites (N-methyl/N-ethyl adjacent to an activating group) is 1. The van der Waals surface area contributed by atoms with Gasteiger partial charge in [0, 0.05) is 46.2 Å². The molecule has 1 atom stereocenters. The highest BCUT2D eigenvalue weighted by atomic mass is 16.5. The van der Waals surface area contributed by atoms with Gasteiger partial charge in [-0.15, -0.1) is 0 Å². The van der Waals surface area contributed by atoms with E-state index in [9.17, 15) is 9.59 Å². The van der Waals surface area contributed by atoms with Crippen LogP contribution in [0.4, 0.5) is 0 Å². The van der Waals surface area contributed by atoms with E-state index in [0.717, 1.165) is 32.5 Å². The third-order valence-corrected chi connectivity index (χ3v) is 4.57. The van der Waals surface area contributed by atoms with Crippen molar-refractivity contribution >= 4 is 11.8 Å². The van der Waals surface area contributed by atoms with Gasteiger partial charge in [-0.1, -0.05) is 0 Å². The van der Waals surface area contributed by atoms with Crippen LogP contribution in [0.3, 0.4) is 0 Å². The van der Waals surface area contributed by atoms with Gasteiger partial charge in [-0.2, -0.15) is 0 Å². The molecule has 0 aromatic rings. The van der Waals surface area contributed by atoms with Gasteiger partial charge in [-0.25, -0.2) is 0 Å². The maximum Gasteiger partial charge on any atom is 0.241 e. The monoisotopic (exact) mass is 311 g/mol. The molecule has 2 fully saturated rings. The average Bonchev–Trinajstić information content (AvgIpc) is 2.60. The third-order valence-electron chi connectivity index (χ3n) is 4.57. The molecule has 6 heteroatoms. The highest BCUT2D eigenvalue weighted by Gasteiger charge is 2.33. The van der Waals surface area contributed by atoms with Crippen LogP contribution in [0.2, 0.25) is 0 Å². The molecule has 2 amide bonds. The molecule has 2 heterocycles. The van der Waals surface area contributed by atoms with E-state index in [2.05, 4.69) is 18.7 Å². The number of carbonyl (C=O) groups excluding carboxylic acids is 2. The topological polar surface area (TPSA) is 53.1 Å². The highest BCUT2D eigenvalue weighted by molar-refractivity contribution is 5.84. The summed E-state index contributed by atoms with van der Waals surface area (Å²) in [4.78, 5) is 29.8. The maximum absolute atomic E-state index is 12.2. The SMILES string of the molecule is CN(C)C(=O)CN1CC[C@H](N2CCOC(C)(C)C2)CCC1=O. The molecule has 6 nitrogen and oxygen atoms in total. The first-order valence-corrected chi connectivity index (χ1v) is 8.14. The van der Waals surface area contributed by atoms with Crippen LogP contribution in [-0.4, -0.2) is 85.0 Å². The lowest BCUT2D eigenvalue weighted by atomic mass is 10.0. The summed E-state index contributed by atoms with van der Waals surface area (Å²) < 4.78 is 5.77. The number of ether oxygens (including phenoxy) is 1. The summed E-state index contributed by atoms with van der Waals surface area (Å²) >= 11 is 0. The Kier molecular flexibility index (Phi) is 5.45. The zero-order valence-corrected chi connectivity index (χ0v) is 14.3. The Bertz CT molecular complexity index is 423. The second kappa shape index (κ2) is 6.96. The third kappa shape index (κ3) is 4.43. The second-order valence-corrected chi connectivity index (χ2v) is 7.16. The van der Waals surface area contributed by atoms with E-state index in [4.69, 9.17) is 4.74 Å². The van der Waals surface area contributed by atoms with Gasteiger partial charge in [0.2, 0.25) is 11.8 Å². The Morgan fingerprint density at radius 3 is 2.68 bits per heavy atom. The molecule has 0 aromatic carbocycles. The first kappa shape index (κ1) is 17.2. The molecule has 22 heavy (non-hydrogen) atoms. The van der Waals surface area contributed by atoms with Gasteiger partial charge in [0.25, 0.3) is 0 Å². The summed E-state index contributed by atoms with van der Waals surface area (Å²) in [7, 11) is 3.45. The lowest BCUT2D eigenvalue weighted by molar-refractivity contribution is -0.138. The molecule has 0 aromatic heterocycles. The van der Waals surface area contributed by atoms with Crippen molar-refractivity contribution in [2.45, 2.75) is 44.8 Å². The summed E-state index contributed by atoms with van der Waals surface area (Å²) in [5, 5.41) is 0. The molecule has 0 aliphatic carbocycles. The van der Waals surface area contributed by atoms with E-state index in [-0.39, 0.29) is 24.0 Å². The lowest BCUT2D eigenvalue weighted by Crippen LogP contribution is -2.52. The van der Waals surface area contributed by atoms with E-state index in [1.54, 1.807) is 23.9 Å². The van der Waals surface area contributed by atoms with E-state index in [1.807, 2.05) is 0 Å². The fourth-order valence-corrected chi connectivity index (χ4v) is 3.22. The van der Waals surface area contributed by atoms with Crippen LogP contribution >= 0.6 is 0 Å². The first-order chi connectivity index (χ1) is 10.3. The van der Waals surface area contributed by atoms with E-state index in [1.165, 1.54) is 0 Å². The molecule has 0 bridgehead atoms. The van der Waals surface area contributed by atoms with Crippen LogP contribution in [0, 0.1) is 0 Å². The summed E-state index contributed by atoms with van der Waals surface area (Å²) in [5.74, 6) is 0.0875. The maximum atomic E-state index is 12.2. The Hall–Kier alpha value is -1.14. The van der Waals surface area contributed by atoms with Crippen molar-refractivity contribution in [3.8, 4) is 0 Å². The van der Waals surface area contributed by atoms with Crippen molar-refractivity contribution in [1.82, 2.24) is 14.7 Å². The number of likely N-dealkylation sites (tertiary alicyclic amines) is 1. The number of carbonyl (C=O) groups is 2. The number of rotatable bonds is 3. The zero-order chi connectivity index (χ0) is 16.3. The zero-order valence-electron chi connectivity index (χ0n) is 14.3. The molecular formula is C16H29N3O3. The molecule has 126 valence electrons. The Morgan fingerprint density at radius 2 is 2.05 bits per heavy atom. The molecule has 0 saturated carbocycles. The number of morpholine rings is 1. The largest absolute Gasteiger partial charge is 0.373 e. The molecule has 2 aliphatic rings. The van der Waals surface area contributed by atoms with Gasteiger partial charge < -0.3 is 14.5 Å². The van der Waals surface area contributed by atoms with Crippen molar-refractivity contribution in [1.29, 1.82) is 0 Å². The van der Waals surface area contributed by atoms with E-state index in [0.29, 0.717) is 19.0 Å². The number of hydrogen-bond acceptors (Lipinski definition) is 4. The number of hydrogen-bond donors (Lipinski definition) is 0. The second-order valence-electron chi connectivity index (χ2n) is 7.16. The van der Waals surface area contributed by atoms with Crippen molar-refractivity contribution in [3.05, 3.63) is 0 Å². The quantitative estimate of drug-likeness (QED) is 0.764. The van der Waals surface area contributed by atoms with Crippen molar-refractivity contribution in [2.75, 3.05) is 46.9 Å². The highest BCUT2D eigenvalue weighted by Crippen LogP contribution is 2.24.